The van der Waals surface area contributed by atoms with E-state index in [1.807, 2.05) is 24.3 Å². The van der Waals surface area contributed by atoms with Crippen molar-refractivity contribution in [2.45, 2.75) is 19.5 Å². The van der Waals surface area contributed by atoms with Gasteiger partial charge in [-0.15, -0.1) is 0 Å². The molecule has 0 heterocycles. The zero-order valence-corrected chi connectivity index (χ0v) is 8.51. The molecule has 1 rings (SSSR count). The zero-order chi connectivity index (χ0) is 9.68. The Bertz CT molecular complexity index is 246. The minimum absolute atomic E-state index is 0.357. The first-order valence-corrected chi connectivity index (χ1v) is 4.78. The molecule has 0 amide bonds. The Morgan fingerprint density at radius 1 is 1.38 bits per heavy atom. The third-order valence-electron chi connectivity index (χ3n) is 1.92. The van der Waals surface area contributed by atoms with E-state index in [1.165, 1.54) is 5.56 Å². The molecule has 1 atom stereocenters. The maximum absolute atomic E-state index is 5.76. The largest absolute Gasteiger partial charge is 0.329 e. The Labute approximate surface area is 84.1 Å². The molecular formula is C10H15ClN2. The second kappa shape index (κ2) is 5.22. The van der Waals surface area contributed by atoms with Crippen LogP contribution < -0.4 is 11.1 Å². The maximum Gasteiger partial charge on any atom is 0.0406 e. The quantitative estimate of drug-likeness (QED) is 0.774. The number of halogens is 1. The third kappa shape index (κ3) is 3.77. The van der Waals surface area contributed by atoms with Crippen LogP contribution in [0.1, 0.15) is 12.5 Å². The number of rotatable bonds is 4. The second-order valence-electron chi connectivity index (χ2n) is 3.14. The van der Waals surface area contributed by atoms with Crippen LogP contribution in [0, 0.1) is 0 Å². The van der Waals surface area contributed by atoms with E-state index in [0.717, 1.165) is 11.6 Å². The van der Waals surface area contributed by atoms with Gasteiger partial charge in [0, 0.05) is 24.2 Å². The zero-order valence-electron chi connectivity index (χ0n) is 7.76. The van der Waals surface area contributed by atoms with E-state index in [4.69, 9.17) is 17.3 Å². The van der Waals surface area contributed by atoms with Crippen LogP contribution >= 0.6 is 11.6 Å². The number of benzene rings is 1. The molecule has 0 aliphatic carbocycles. The monoisotopic (exact) mass is 198 g/mol. The fraction of sp³-hybridized carbons (Fsp3) is 0.400. The van der Waals surface area contributed by atoms with Crippen LogP contribution in [0.25, 0.3) is 0 Å². The molecule has 2 nitrogen and oxygen atoms in total. The highest BCUT2D eigenvalue weighted by atomic mass is 35.5. The molecule has 0 bridgehead atoms. The third-order valence-corrected chi connectivity index (χ3v) is 2.17. The fourth-order valence-corrected chi connectivity index (χ4v) is 1.10. The van der Waals surface area contributed by atoms with Crippen LogP contribution in [0.3, 0.4) is 0 Å². The van der Waals surface area contributed by atoms with Gasteiger partial charge in [-0.1, -0.05) is 23.7 Å². The summed E-state index contributed by atoms with van der Waals surface area (Å²) in [5.74, 6) is 0. The van der Waals surface area contributed by atoms with Gasteiger partial charge >= 0.3 is 0 Å². The lowest BCUT2D eigenvalue weighted by Crippen LogP contribution is -2.32. The molecular weight excluding hydrogens is 184 g/mol. The Kier molecular flexibility index (Phi) is 4.22. The van der Waals surface area contributed by atoms with Crippen molar-refractivity contribution >= 4 is 11.6 Å². The van der Waals surface area contributed by atoms with E-state index in [2.05, 4.69) is 12.2 Å². The molecule has 13 heavy (non-hydrogen) atoms. The van der Waals surface area contributed by atoms with Gasteiger partial charge in [0.2, 0.25) is 0 Å². The van der Waals surface area contributed by atoms with Crippen LogP contribution in [0.2, 0.25) is 5.02 Å². The van der Waals surface area contributed by atoms with Gasteiger partial charge in [-0.2, -0.15) is 0 Å². The summed E-state index contributed by atoms with van der Waals surface area (Å²) in [5, 5.41) is 4.07. The predicted molar refractivity (Wildman–Crippen MR) is 56.8 cm³/mol. The van der Waals surface area contributed by atoms with Crippen molar-refractivity contribution in [1.82, 2.24) is 5.32 Å². The average molecular weight is 199 g/mol. The molecule has 0 fully saturated rings. The summed E-state index contributed by atoms with van der Waals surface area (Å²) in [5.41, 5.74) is 6.70. The van der Waals surface area contributed by atoms with E-state index >= 15 is 0 Å². The Morgan fingerprint density at radius 3 is 2.54 bits per heavy atom. The van der Waals surface area contributed by atoms with Gasteiger partial charge in [0.1, 0.15) is 0 Å². The summed E-state index contributed by atoms with van der Waals surface area (Å²) < 4.78 is 0. The molecule has 0 aromatic heterocycles. The predicted octanol–water partition coefficient (Wildman–Crippen LogP) is 1.78. The fourth-order valence-electron chi connectivity index (χ4n) is 0.978. The van der Waals surface area contributed by atoms with Crippen LogP contribution in [-0.4, -0.2) is 12.6 Å². The van der Waals surface area contributed by atoms with Gasteiger partial charge in [0.05, 0.1) is 0 Å². The van der Waals surface area contributed by atoms with Gasteiger partial charge in [-0.3, -0.25) is 0 Å². The Balaban J connectivity index is 2.41. The van der Waals surface area contributed by atoms with Crippen molar-refractivity contribution in [3.63, 3.8) is 0 Å². The topological polar surface area (TPSA) is 38.0 Å². The van der Waals surface area contributed by atoms with Gasteiger partial charge < -0.3 is 11.1 Å². The highest BCUT2D eigenvalue weighted by molar-refractivity contribution is 6.30. The van der Waals surface area contributed by atoms with Gasteiger partial charge in [-0.25, -0.2) is 0 Å². The summed E-state index contributed by atoms with van der Waals surface area (Å²) in [6, 6.07) is 8.17. The lowest BCUT2D eigenvalue weighted by atomic mass is 10.2. The molecule has 0 radical (unpaired) electrons. The first-order valence-electron chi connectivity index (χ1n) is 4.40. The smallest absolute Gasteiger partial charge is 0.0406 e. The van der Waals surface area contributed by atoms with E-state index in [1.54, 1.807) is 0 Å². The van der Waals surface area contributed by atoms with E-state index < -0.39 is 0 Å². The molecule has 0 saturated heterocycles. The van der Waals surface area contributed by atoms with Crippen molar-refractivity contribution in [3.8, 4) is 0 Å². The normalized spacial score (nSPS) is 12.8. The minimum atomic E-state index is 0.357. The van der Waals surface area contributed by atoms with E-state index in [0.29, 0.717) is 12.6 Å². The standard InChI is InChI=1S/C10H15ClN2/c1-8(6-12)13-7-9-2-4-10(11)5-3-9/h2-5,8,13H,6-7,12H2,1H3. The Hall–Kier alpha value is -0.570. The SMILES string of the molecule is CC(CN)NCc1ccc(Cl)cc1. The number of hydrogen-bond acceptors (Lipinski definition) is 2. The average Bonchev–Trinajstić information content (AvgIpc) is 2.16. The number of hydrogen-bond donors (Lipinski definition) is 2. The van der Waals surface area contributed by atoms with Crippen LogP contribution in [0.4, 0.5) is 0 Å². The minimum Gasteiger partial charge on any atom is -0.329 e. The number of nitrogens with one attached hydrogen (secondary N) is 1. The number of nitrogens with two attached hydrogens (primary N) is 1. The summed E-state index contributed by atoms with van der Waals surface area (Å²) in [4.78, 5) is 0. The summed E-state index contributed by atoms with van der Waals surface area (Å²) in [6.07, 6.45) is 0. The lowest BCUT2D eigenvalue weighted by molar-refractivity contribution is 0.556. The van der Waals surface area contributed by atoms with Crippen molar-refractivity contribution in [2.24, 2.45) is 5.73 Å². The van der Waals surface area contributed by atoms with Crippen LogP contribution in [-0.2, 0) is 6.54 Å². The lowest BCUT2D eigenvalue weighted by Gasteiger charge is -2.10. The van der Waals surface area contributed by atoms with Crippen molar-refractivity contribution in [2.75, 3.05) is 6.54 Å². The van der Waals surface area contributed by atoms with Gasteiger partial charge in [0.15, 0.2) is 0 Å². The molecule has 0 aliphatic rings. The molecule has 1 aromatic rings. The van der Waals surface area contributed by atoms with Crippen molar-refractivity contribution in [1.29, 1.82) is 0 Å². The first-order chi connectivity index (χ1) is 6.22. The summed E-state index contributed by atoms with van der Waals surface area (Å²) in [7, 11) is 0. The molecule has 0 aliphatic heterocycles. The molecule has 0 spiro atoms. The van der Waals surface area contributed by atoms with Gasteiger partial charge in [-0.05, 0) is 24.6 Å². The first kappa shape index (κ1) is 10.5. The van der Waals surface area contributed by atoms with Gasteiger partial charge in [0.25, 0.3) is 0 Å². The van der Waals surface area contributed by atoms with Crippen LogP contribution in [0.15, 0.2) is 24.3 Å². The second-order valence-corrected chi connectivity index (χ2v) is 3.58. The molecule has 1 unspecified atom stereocenters. The molecule has 3 heteroatoms. The summed E-state index contributed by atoms with van der Waals surface area (Å²) in [6.45, 7) is 3.57. The van der Waals surface area contributed by atoms with Crippen molar-refractivity contribution < 1.29 is 0 Å². The maximum atomic E-state index is 5.76. The van der Waals surface area contributed by atoms with Crippen LogP contribution in [0.5, 0.6) is 0 Å². The Morgan fingerprint density at radius 2 is 2.00 bits per heavy atom. The summed E-state index contributed by atoms with van der Waals surface area (Å²) >= 11 is 5.76. The molecule has 0 saturated carbocycles. The molecule has 72 valence electrons. The van der Waals surface area contributed by atoms with Crippen molar-refractivity contribution in [3.05, 3.63) is 34.9 Å². The molecule has 3 N–H and O–H groups in total. The highest BCUT2D eigenvalue weighted by Crippen LogP contribution is 2.09. The highest BCUT2D eigenvalue weighted by Gasteiger charge is 1.97. The van der Waals surface area contributed by atoms with E-state index in [-0.39, 0.29) is 0 Å². The van der Waals surface area contributed by atoms with E-state index in [9.17, 15) is 0 Å². The molecule has 1 aromatic carbocycles.